The van der Waals surface area contributed by atoms with Crippen LogP contribution in [0.2, 0.25) is 15.1 Å². The van der Waals surface area contributed by atoms with E-state index in [4.69, 9.17) is 88.0 Å². The zero-order valence-electron chi connectivity index (χ0n) is 77.7. The maximum atomic E-state index is 13.6. The minimum absolute atomic E-state index is 0.0139. The molecule has 131 heavy (non-hydrogen) atoms. The van der Waals surface area contributed by atoms with Crippen molar-refractivity contribution in [2.24, 2.45) is 0 Å². The first kappa shape index (κ1) is 113. The smallest absolute Gasteiger partial charge is 0.495 e. The number of alkyl halides is 3. The van der Waals surface area contributed by atoms with Crippen LogP contribution in [0.15, 0.2) is 154 Å². The van der Waals surface area contributed by atoms with E-state index >= 15 is 0 Å². The van der Waals surface area contributed by atoms with E-state index in [9.17, 15) is 74.3 Å². The summed E-state index contributed by atoms with van der Waals surface area (Å²) in [6.45, 7) is 32.7. The summed E-state index contributed by atoms with van der Waals surface area (Å²) in [7, 11) is -1.15. The average Bonchev–Trinajstić information content (AvgIpc) is 0.818. The van der Waals surface area contributed by atoms with Gasteiger partial charge in [0.25, 0.3) is 16.7 Å². The van der Waals surface area contributed by atoms with Crippen molar-refractivity contribution in [3.63, 3.8) is 0 Å². The summed E-state index contributed by atoms with van der Waals surface area (Å²) in [5.74, 6) is -2.51. The van der Waals surface area contributed by atoms with Gasteiger partial charge in [-0.05, 0) is 223 Å². The molecule has 0 fully saturated rings. The Hall–Kier alpha value is -10.5. The van der Waals surface area contributed by atoms with E-state index in [1.165, 1.54) is 96.1 Å². The number of ether oxygens (including phenoxy) is 8. The fourth-order valence-corrected chi connectivity index (χ4v) is 13.3. The highest BCUT2D eigenvalue weighted by molar-refractivity contribution is 7.87. The molecule has 2 atom stereocenters. The van der Waals surface area contributed by atoms with E-state index in [0.29, 0.717) is 107 Å². The molecule has 0 bridgehead atoms. The van der Waals surface area contributed by atoms with Crippen LogP contribution in [0.1, 0.15) is 232 Å². The third kappa shape index (κ3) is 37.2. The predicted molar refractivity (Wildman–Crippen MR) is 495 cm³/mol. The Labute approximate surface area is 776 Å². The molecule has 3 aromatic heterocycles. The fraction of sp³-hybridized carbons (Fsp3) is 0.448. The van der Waals surface area contributed by atoms with Gasteiger partial charge in [-0.15, -0.1) is 0 Å². The van der Waals surface area contributed by atoms with Crippen LogP contribution in [0, 0.1) is 0 Å². The predicted octanol–water partition coefficient (Wildman–Crippen LogP) is 18.6. The third-order valence-electron chi connectivity index (χ3n) is 18.4. The first-order chi connectivity index (χ1) is 60.7. The number of carbonyl (C=O) groups excluding carboxylic acids is 6. The number of esters is 1. The number of aliphatic hydroxyl groups excluding tert-OH is 1. The molecule has 0 aliphatic rings. The van der Waals surface area contributed by atoms with E-state index in [0.717, 1.165) is 0 Å². The Balaban J connectivity index is 0.000000370. The number of Topliss-reactive ketones (excluding diaryl/α,β-unsaturated/α-hetero) is 5. The van der Waals surface area contributed by atoms with Crippen molar-refractivity contribution in [3.8, 4) is 50.6 Å². The number of halogens is 6. The zero-order valence-corrected chi connectivity index (χ0v) is 80.8. The quantitative estimate of drug-likeness (QED) is 0.0108. The van der Waals surface area contributed by atoms with Crippen LogP contribution in [0.25, 0.3) is 33.4 Å². The van der Waals surface area contributed by atoms with Gasteiger partial charge in [-0.3, -0.25) is 47.3 Å². The number of nitrogens with zero attached hydrogens (tertiary/aromatic N) is 3. The number of hydrogen-bond acceptors (Lipinski definition) is 23. The number of carbonyl (C=O) groups is 8. The van der Waals surface area contributed by atoms with Gasteiger partial charge in [0.15, 0.2) is 28.9 Å². The number of carboxylic acid groups (broad SMARTS) is 2. The lowest BCUT2D eigenvalue weighted by molar-refractivity contribution is -0.155. The lowest BCUT2D eigenvalue weighted by Gasteiger charge is -2.24. The molecular weight excluding hydrogens is 1790 g/mol. The van der Waals surface area contributed by atoms with Crippen LogP contribution in [0.5, 0.6) is 17.2 Å². The van der Waals surface area contributed by atoms with Crippen molar-refractivity contribution in [1.82, 2.24) is 13.7 Å². The zero-order chi connectivity index (χ0) is 99.2. The second-order valence-corrected chi connectivity index (χ2v) is 37.3. The van der Waals surface area contributed by atoms with E-state index in [-0.39, 0.29) is 117 Å². The van der Waals surface area contributed by atoms with E-state index in [2.05, 4.69) is 4.18 Å². The summed E-state index contributed by atoms with van der Waals surface area (Å²) in [4.78, 5) is 139. The van der Waals surface area contributed by atoms with E-state index < -0.39 is 91.3 Å². The van der Waals surface area contributed by atoms with Gasteiger partial charge in [-0.1, -0.05) is 79.8 Å². The number of pyridine rings is 3. The fourth-order valence-electron chi connectivity index (χ4n) is 12.3. The number of methoxy groups -OCH3 is 3. The summed E-state index contributed by atoms with van der Waals surface area (Å²) < 4.78 is 107. The Morgan fingerprint density at radius 3 is 1.01 bits per heavy atom. The molecule has 0 saturated heterocycles. The average molecular weight is 1910 g/mol. The second kappa shape index (κ2) is 50.4. The standard InChI is InChI=1S/2C31H34ClNO7.C21H24ClNO5.C7H13F3O4S.C6H14O2/c2*1-6-26(34)22-12-11-21(32)16-23(22)24-17-29(36)33(18-28(24)39-5)25(13-14-40-31(2,3)4)27(35)15-19-7-9-20(10-8-19)30(37)38;1-6-17(24)14-8-7-13(22)9-15(14)16-10-19(25)23(11-18(16)27-5)12-20(26)28-21(2,3)4;1-6(2,3)13-4-5-14-15(11,12)7(8,9)10;1-6(2,3)8-5-4-7/h2*7-12,16-18,25H,6,13-15H2,1-5H3,(H,37,38);7-11H,6,12H2,1-5H3;4-5H2,1-3H3;7H,4-5H2,1-3H3/t2*25-;;;/m10.../s1. The molecular formula is C96H119Cl3F3N3O25S. The molecule has 28 nitrogen and oxygen atoms in total. The number of rotatable bonds is 36. The number of ketones is 5. The number of carboxylic acids is 2. The third-order valence-corrected chi connectivity index (χ3v) is 20.2. The minimum atomic E-state index is -5.50. The molecule has 0 unspecified atom stereocenters. The number of aromatic nitrogens is 3. The lowest BCUT2D eigenvalue weighted by atomic mass is 9.95. The first-order valence-corrected chi connectivity index (χ1v) is 44.2. The molecule has 3 N–H and O–H groups in total. The maximum absolute atomic E-state index is 13.6. The van der Waals surface area contributed by atoms with Crippen LogP contribution >= 0.6 is 34.8 Å². The molecule has 0 spiro atoms. The normalized spacial score (nSPS) is 12.2. The van der Waals surface area contributed by atoms with Crippen molar-refractivity contribution in [2.75, 3.05) is 61.0 Å². The van der Waals surface area contributed by atoms with Gasteiger partial charge in [0.1, 0.15) is 29.4 Å². The number of hydrogen-bond donors (Lipinski definition) is 3. The molecule has 8 aromatic rings. The van der Waals surface area contributed by atoms with Crippen molar-refractivity contribution >= 4 is 91.7 Å². The molecule has 0 amide bonds. The van der Waals surface area contributed by atoms with Crippen molar-refractivity contribution < 1.29 is 117 Å². The second-order valence-electron chi connectivity index (χ2n) is 34.4. The van der Waals surface area contributed by atoms with Gasteiger partial charge in [0, 0.05) is 112 Å². The highest BCUT2D eigenvalue weighted by atomic mass is 35.5. The van der Waals surface area contributed by atoms with Gasteiger partial charge in [-0.2, -0.15) is 21.6 Å². The molecule has 0 aliphatic carbocycles. The first-order valence-electron chi connectivity index (χ1n) is 41.7. The van der Waals surface area contributed by atoms with Crippen molar-refractivity contribution in [3.05, 3.63) is 225 Å². The van der Waals surface area contributed by atoms with Crippen molar-refractivity contribution in [1.29, 1.82) is 0 Å². The Bertz CT molecular complexity index is 5360. The van der Waals surface area contributed by atoms with Crippen LogP contribution in [-0.2, 0) is 71.8 Å². The summed E-state index contributed by atoms with van der Waals surface area (Å²) in [5, 5.41) is 27.9. The minimum Gasteiger partial charge on any atom is -0.495 e. The highest BCUT2D eigenvalue weighted by Crippen LogP contribution is 2.39. The van der Waals surface area contributed by atoms with Gasteiger partial charge in [-0.25, -0.2) is 9.59 Å². The summed E-state index contributed by atoms with van der Waals surface area (Å²) in [6.07, 6.45) is 5.66. The molecule has 5 aromatic carbocycles. The van der Waals surface area contributed by atoms with Gasteiger partial charge in [0.05, 0.1) is 112 Å². The molecule has 0 saturated carbocycles. The molecule has 35 heteroatoms. The van der Waals surface area contributed by atoms with E-state index in [1.807, 2.05) is 62.3 Å². The van der Waals surface area contributed by atoms with Crippen LogP contribution in [0.3, 0.4) is 0 Å². The van der Waals surface area contributed by atoms with Gasteiger partial charge in [0.2, 0.25) is 0 Å². The molecule has 0 aliphatic heterocycles. The van der Waals surface area contributed by atoms with Gasteiger partial charge < -0.3 is 66.9 Å². The highest BCUT2D eigenvalue weighted by Gasteiger charge is 2.47. The van der Waals surface area contributed by atoms with Crippen molar-refractivity contribution in [2.45, 2.75) is 222 Å². The van der Waals surface area contributed by atoms with Crippen LogP contribution in [0.4, 0.5) is 13.2 Å². The largest absolute Gasteiger partial charge is 0.523 e. The van der Waals surface area contributed by atoms with Crippen LogP contribution < -0.4 is 30.9 Å². The Morgan fingerprint density at radius 2 is 0.725 bits per heavy atom. The maximum Gasteiger partial charge on any atom is 0.523 e. The summed E-state index contributed by atoms with van der Waals surface area (Å²) >= 11 is 18.6. The Kier molecular flexibility index (Phi) is 43.4. The Morgan fingerprint density at radius 1 is 0.412 bits per heavy atom. The monoisotopic (exact) mass is 1910 g/mol. The summed E-state index contributed by atoms with van der Waals surface area (Å²) in [6, 6.07) is 29.0. The molecule has 0 radical (unpaired) electrons. The van der Waals surface area contributed by atoms with Gasteiger partial charge >= 0.3 is 33.5 Å². The SMILES string of the molecule is CC(C)(C)OCCO.CC(C)(C)OCCOS(=O)(=O)C(F)(F)F.CCC(=O)c1ccc(Cl)cc1-c1cc(=O)n(CC(=O)OC(C)(C)C)cc1OC.CCC(=O)c1ccc(Cl)cc1-c1cc(=O)n([C@@H](CCOC(C)(C)C)C(=O)Cc2ccc(C(=O)O)cc2)cc1OC.CCC(=O)c1ccc(Cl)cc1-c1cc(=O)n([C@H](CCOC(C)(C)C)C(=O)Cc2ccc(C(=O)O)cc2)cc1OC. The lowest BCUT2D eigenvalue weighted by Crippen LogP contribution is -2.32. The molecule has 3 heterocycles. The summed E-state index contributed by atoms with van der Waals surface area (Å²) in [5.41, 5.74) is -3.48. The van der Waals surface area contributed by atoms with Crippen LogP contribution in [-0.4, -0.2) is 179 Å². The number of aliphatic hydroxyl groups is 1. The number of aromatic carboxylic acids is 2. The molecule has 716 valence electrons. The number of benzene rings is 5. The molecule has 8 rings (SSSR count). The topological polar surface area (TPSA) is 380 Å². The van der Waals surface area contributed by atoms with E-state index in [1.54, 1.807) is 141 Å².